The number of nitrogens with zero attached hydrogens (tertiary/aromatic N) is 2. The van der Waals surface area contributed by atoms with Crippen molar-refractivity contribution in [1.29, 1.82) is 5.26 Å². The predicted molar refractivity (Wildman–Crippen MR) is 89.7 cm³/mol. The fourth-order valence-electron chi connectivity index (χ4n) is 2.45. The van der Waals surface area contributed by atoms with E-state index in [4.69, 9.17) is 10.00 Å². The van der Waals surface area contributed by atoms with Crippen LogP contribution in [-0.4, -0.2) is 18.7 Å². The second-order valence-corrected chi connectivity index (χ2v) is 5.19. The van der Waals surface area contributed by atoms with Crippen molar-refractivity contribution in [3.63, 3.8) is 0 Å². The van der Waals surface area contributed by atoms with Crippen molar-refractivity contribution >= 4 is 11.7 Å². The molecule has 0 aliphatic carbocycles. The van der Waals surface area contributed by atoms with Crippen LogP contribution in [-0.2, 0) is 16.0 Å². The number of benzene rings is 2. The molecule has 2 aromatic carbocycles. The van der Waals surface area contributed by atoms with Crippen LogP contribution in [0, 0.1) is 11.3 Å². The van der Waals surface area contributed by atoms with E-state index < -0.39 is 6.23 Å². The molecule has 0 amide bonds. The summed E-state index contributed by atoms with van der Waals surface area (Å²) in [7, 11) is 0. The molecule has 0 aliphatic heterocycles. The molecule has 0 heterocycles. The van der Waals surface area contributed by atoms with E-state index in [0.717, 1.165) is 11.3 Å². The van der Waals surface area contributed by atoms with Crippen LogP contribution < -0.4 is 4.90 Å². The molecule has 0 N–H and O–H groups in total. The Hall–Kier alpha value is -2.80. The highest BCUT2D eigenvalue weighted by molar-refractivity contribution is 5.66. The van der Waals surface area contributed by atoms with Crippen LogP contribution in [0.5, 0.6) is 0 Å². The van der Waals surface area contributed by atoms with Gasteiger partial charge in [0.25, 0.3) is 0 Å². The number of carbonyl (C=O) groups is 1. The second-order valence-electron chi connectivity index (χ2n) is 5.19. The van der Waals surface area contributed by atoms with Gasteiger partial charge >= 0.3 is 5.97 Å². The Morgan fingerprint density at radius 1 is 1.13 bits per heavy atom. The van der Waals surface area contributed by atoms with Gasteiger partial charge in [0.15, 0.2) is 6.23 Å². The molecule has 0 aromatic heterocycles. The molecule has 2 aromatic rings. The zero-order valence-corrected chi connectivity index (χ0v) is 13.2. The lowest BCUT2D eigenvalue weighted by molar-refractivity contribution is -0.146. The van der Waals surface area contributed by atoms with E-state index in [1.807, 2.05) is 65.6 Å². The van der Waals surface area contributed by atoms with Crippen LogP contribution in [0.4, 0.5) is 5.69 Å². The molecule has 0 bridgehead atoms. The maximum Gasteiger partial charge on any atom is 0.304 e. The molecule has 23 heavy (non-hydrogen) atoms. The SMILES string of the molecule is CC(=O)OC(Cc1ccccc1)N(CCC#N)c1ccccc1. The van der Waals surface area contributed by atoms with Crippen LogP contribution in [0.1, 0.15) is 18.9 Å². The third-order valence-electron chi connectivity index (χ3n) is 3.46. The van der Waals surface area contributed by atoms with Crippen molar-refractivity contribution in [1.82, 2.24) is 0 Å². The van der Waals surface area contributed by atoms with Gasteiger partial charge in [0.2, 0.25) is 0 Å². The Bertz CT molecular complexity index is 650. The van der Waals surface area contributed by atoms with Gasteiger partial charge in [-0.2, -0.15) is 5.26 Å². The average Bonchev–Trinajstić information content (AvgIpc) is 2.56. The molecular weight excluding hydrogens is 288 g/mol. The summed E-state index contributed by atoms with van der Waals surface area (Å²) in [4.78, 5) is 13.5. The van der Waals surface area contributed by atoms with Gasteiger partial charge in [0.05, 0.1) is 12.5 Å². The number of hydrogen-bond donors (Lipinski definition) is 0. The lowest BCUT2D eigenvalue weighted by atomic mass is 10.1. The fourth-order valence-corrected chi connectivity index (χ4v) is 2.45. The Morgan fingerprint density at radius 2 is 1.74 bits per heavy atom. The quantitative estimate of drug-likeness (QED) is 0.580. The van der Waals surface area contributed by atoms with E-state index in [-0.39, 0.29) is 5.97 Å². The van der Waals surface area contributed by atoms with E-state index in [1.165, 1.54) is 6.92 Å². The summed E-state index contributed by atoms with van der Waals surface area (Å²) in [6.45, 7) is 1.91. The van der Waals surface area contributed by atoms with Crippen molar-refractivity contribution in [2.24, 2.45) is 0 Å². The highest BCUT2D eigenvalue weighted by Crippen LogP contribution is 2.20. The molecule has 0 radical (unpaired) electrons. The van der Waals surface area contributed by atoms with E-state index in [2.05, 4.69) is 6.07 Å². The summed E-state index contributed by atoms with van der Waals surface area (Å²) in [5.74, 6) is -0.330. The van der Waals surface area contributed by atoms with Crippen LogP contribution in [0.15, 0.2) is 60.7 Å². The number of ether oxygens (including phenoxy) is 1. The molecule has 0 spiro atoms. The van der Waals surface area contributed by atoms with Crippen LogP contribution in [0.3, 0.4) is 0 Å². The van der Waals surface area contributed by atoms with Crippen LogP contribution in [0.2, 0.25) is 0 Å². The minimum atomic E-state index is -0.439. The van der Waals surface area contributed by atoms with E-state index >= 15 is 0 Å². The Labute approximate surface area is 136 Å². The summed E-state index contributed by atoms with van der Waals surface area (Å²) in [5, 5.41) is 8.93. The maximum atomic E-state index is 11.5. The number of anilines is 1. The molecule has 0 aliphatic rings. The number of rotatable bonds is 7. The first-order valence-electron chi connectivity index (χ1n) is 7.60. The minimum absolute atomic E-state index is 0.330. The molecule has 4 heteroatoms. The molecule has 0 fully saturated rings. The van der Waals surface area contributed by atoms with Gasteiger partial charge in [-0.25, -0.2) is 0 Å². The highest BCUT2D eigenvalue weighted by Gasteiger charge is 2.22. The number of hydrogen-bond acceptors (Lipinski definition) is 4. The zero-order chi connectivity index (χ0) is 16.5. The topological polar surface area (TPSA) is 53.3 Å². The van der Waals surface area contributed by atoms with Crippen molar-refractivity contribution < 1.29 is 9.53 Å². The molecule has 118 valence electrons. The van der Waals surface area contributed by atoms with Crippen LogP contribution >= 0.6 is 0 Å². The first kappa shape index (κ1) is 16.6. The lowest BCUT2D eigenvalue weighted by Crippen LogP contribution is -2.40. The summed E-state index contributed by atoms with van der Waals surface area (Å²) < 4.78 is 5.55. The number of para-hydroxylation sites is 1. The summed E-state index contributed by atoms with van der Waals surface area (Å²) in [6.07, 6.45) is 0.494. The van der Waals surface area contributed by atoms with Crippen molar-refractivity contribution in [2.75, 3.05) is 11.4 Å². The second kappa shape index (κ2) is 8.60. The van der Waals surface area contributed by atoms with Gasteiger partial charge in [0, 0.05) is 25.6 Å². The van der Waals surface area contributed by atoms with Gasteiger partial charge in [-0.1, -0.05) is 48.5 Å². The van der Waals surface area contributed by atoms with E-state index in [9.17, 15) is 4.79 Å². The molecule has 4 nitrogen and oxygen atoms in total. The lowest BCUT2D eigenvalue weighted by Gasteiger charge is -2.32. The molecule has 0 saturated heterocycles. The van der Waals surface area contributed by atoms with Gasteiger partial charge in [-0.3, -0.25) is 4.79 Å². The molecule has 1 atom stereocenters. The Balaban J connectivity index is 2.27. The number of esters is 1. The first-order valence-corrected chi connectivity index (χ1v) is 7.60. The van der Waals surface area contributed by atoms with Gasteiger partial charge in [-0.15, -0.1) is 0 Å². The minimum Gasteiger partial charge on any atom is -0.441 e. The van der Waals surface area contributed by atoms with E-state index in [0.29, 0.717) is 19.4 Å². The predicted octanol–water partition coefficient (Wildman–Crippen LogP) is 3.54. The van der Waals surface area contributed by atoms with Gasteiger partial charge < -0.3 is 9.64 Å². The smallest absolute Gasteiger partial charge is 0.304 e. The molecule has 1 unspecified atom stereocenters. The van der Waals surface area contributed by atoms with Crippen LogP contribution in [0.25, 0.3) is 0 Å². The van der Waals surface area contributed by atoms with E-state index in [1.54, 1.807) is 0 Å². The number of nitriles is 1. The van der Waals surface area contributed by atoms with Crippen molar-refractivity contribution in [3.8, 4) is 6.07 Å². The first-order chi connectivity index (χ1) is 11.2. The van der Waals surface area contributed by atoms with Gasteiger partial charge in [-0.05, 0) is 17.7 Å². The third-order valence-corrected chi connectivity index (χ3v) is 3.46. The molecule has 2 rings (SSSR count). The summed E-state index contributed by atoms with van der Waals surface area (Å²) >= 11 is 0. The summed E-state index contributed by atoms with van der Waals surface area (Å²) in [6, 6.07) is 21.8. The standard InChI is InChI=1S/C19H20N2O2/c1-16(22)23-19(15-17-9-4-2-5-10-17)21(14-8-13-20)18-11-6-3-7-12-18/h2-7,9-12,19H,8,14-15H2,1H3. The Morgan fingerprint density at radius 3 is 2.30 bits per heavy atom. The maximum absolute atomic E-state index is 11.5. The third kappa shape index (κ3) is 5.15. The molecule has 0 saturated carbocycles. The number of carbonyl (C=O) groups excluding carboxylic acids is 1. The molecular formula is C19H20N2O2. The normalized spacial score (nSPS) is 11.3. The average molecular weight is 308 g/mol. The van der Waals surface area contributed by atoms with Crippen molar-refractivity contribution in [2.45, 2.75) is 26.0 Å². The fraction of sp³-hybridized carbons (Fsp3) is 0.263. The van der Waals surface area contributed by atoms with Crippen molar-refractivity contribution in [3.05, 3.63) is 66.2 Å². The summed E-state index contributed by atoms with van der Waals surface area (Å²) in [5.41, 5.74) is 2.02. The largest absolute Gasteiger partial charge is 0.441 e. The van der Waals surface area contributed by atoms with Gasteiger partial charge in [0.1, 0.15) is 0 Å². The Kier molecular flexibility index (Phi) is 6.19. The zero-order valence-electron chi connectivity index (χ0n) is 13.2. The monoisotopic (exact) mass is 308 g/mol. The highest BCUT2D eigenvalue weighted by atomic mass is 16.6.